The van der Waals surface area contributed by atoms with Crippen molar-refractivity contribution in [2.75, 3.05) is 19.7 Å². The molecule has 84 valence electrons. The van der Waals surface area contributed by atoms with Crippen LogP contribution in [0.15, 0.2) is 24.4 Å². The van der Waals surface area contributed by atoms with Crippen molar-refractivity contribution in [3.8, 4) is 0 Å². The number of hydrogen-bond acceptors (Lipinski definition) is 3. The maximum absolute atomic E-state index is 5.70. The van der Waals surface area contributed by atoms with Crippen LogP contribution in [0.5, 0.6) is 0 Å². The minimum atomic E-state index is 0.0908. The molecule has 16 heavy (non-hydrogen) atoms. The van der Waals surface area contributed by atoms with Gasteiger partial charge in [0, 0.05) is 25.0 Å². The lowest BCUT2D eigenvalue weighted by atomic mass is 10.2. The molecule has 0 amide bonds. The molecule has 0 saturated carbocycles. The third-order valence-electron chi connectivity index (χ3n) is 2.97. The second-order valence-electron chi connectivity index (χ2n) is 4.12. The molecule has 1 fully saturated rings. The van der Waals surface area contributed by atoms with Crippen LogP contribution in [0.1, 0.15) is 17.5 Å². The maximum Gasteiger partial charge on any atom is 0.137 e. The summed E-state index contributed by atoms with van der Waals surface area (Å²) in [5.74, 6) is 0. The van der Waals surface area contributed by atoms with Crippen LogP contribution in [0.4, 0.5) is 0 Å². The van der Waals surface area contributed by atoms with Gasteiger partial charge in [-0.3, -0.25) is 0 Å². The van der Waals surface area contributed by atoms with Gasteiger partial charge in [-0.2, -0.15) is 0 Å². The van der Waals surface area contributed by atoms with Crippen LogP contribution in [0.3, 0.4) is 0 Å². The van der Waals surface area contributed by atoms with Crippen molar-refractivity contribution in [3.63, 3.8) is 0 Å². The van der Waals surface area contributed by atoms with Gasteiger partial charge in [0.2, 0.25) is 0 Å². The highest BCUT2D eigenvalue weighted by Crippen LogP contribution is 2.19. The van der Waals surface area contributed by atoms with Crippen molar-refractivity contribution >= 4 is 5.65 Å². The molecule has 1 aliphatic heterocycles. The van der Waals surface area contributed by atoms with Gasteiger partial charge >= 0.3 is 0 Å². The minimum absolute atomic E-state index is 0.0908. The van der Waals surface area contributed by atoms with E-state index in [9.17, 15) is 0 Å². The highest BCUT2D eigenvalue weighted by atomic mass is 16.5. The molecule has 4 nitrogen and oxygen atoms in total. The van der Waals surface area contributed by atoms with E-state index >= 15 is 0 Å². The Morgan fingerprint density at radius 3 is 3.19 bits per heavy atom. The number of hydrogen-bond donors (Lipinski definition) is 1. The molecule has 1 N–H and O–H groups in total. The second kappa shape index (κ2) is 3.88. The zero-order valence-corrected chi connectivity index (χ0v) is 9.31. The molecular formula is C12H15N3O. The van der Waals surface area contributed by atoms with Crippen molar-refractivity contribution < 1.29 is 4.74 Å². The van der Waals surface area contributed by atoms with Gasteiger partial charge in [0.15, 0.2) is 0 Å². The average Bonchev–Trinajstić information content (AvgIpc) is 2.76. The predicted octanol–water partition coefficient (Wildman–Crippen LogP) is 1.30. The van der Waals surface area contributed by atoms with Gasteiger partial charge in [0.1, 0.15) is 11.8 Å². The molecule has 1 atom stereocenters. The molecule has 4 heteroatoms. The van der Waals surface area contributed by atoms with Crippen molar-refractivity contribution in [3.05, 3.63) is 35.8 Å². The number of aryl methyl sites for hydroxylation is 1. The summed E-state index contributed by atoms with van der Waals surface area (Å²) in [5, 5.41) is 3.32. The molecule has 0 aliphatic carbocycles. The van der Waals surface area contributed by atoms with E-state index in [-0.39, 0.29) is 6.10 Å². The molecule has 0 radical (unpaired) electrons. The van der Waals surface area contributed by atoms with E-state index in [1.807, 2.05) is 12.1 Å². The Morgan fingerprint density at radius 1 is 1.50 bits per heavy atom. The number of fused-ring (bicyclic) bond motifs is 1. The molecule has 0 spiro atoms. The molecule has 0 aromatic carbocycles. The normalized spacial score (nSPS) is 21.4. The summed E-state index contributed by atoms with van der Waals surface area (Å²) < 4.78 is 7.80. The van der Waals surface area contributed by atoms with Gasteiger partial charge in [0.05, 0.1) is 12.3 Å². The summed E-state index contributed by atoms with van der Waals surface area (Å²) in [6, 6.07) is 6.13. The molecular weight excluding hydrogens is 202 g/mol. The first-order valence-electron chi connectivity index (χ1n) is 5.61. The van der Waals surface area contributed by atoms with E-state index in [0.717, 1.165) is 31.0 Å². The predicted molar refractivity (Wildman–Crippen MR) is 61.5 cm³/mol. The fourth-order valence-electron chi connectivity index (χ4n) is 2.08. The average molecular weight is 217 g/mol. The summed E-state index contributed by atoms with van der Waals surface area (Å²) in [6.45, 7) is 4.63. The van der Waals surface area contributed by atoms with Crippen LogP contribution in [0.25, 0.3) is 5.65 Å². The number of morpholine rings is 1. The topological polar surface area (TPSA) is 38.6 Å². The zero-order valence-electron chi connectivity index (χ0n) is 9.31. The SMILES string of the molecule is Cc1cccc2nc([C@H]3CNCCO3)cn12. The fraction of sp³-hybridized carbons (Fsp3) is 0.417. The molecule has 2 aromatic rings. The third-order valence-corrected chi connectivity index (χ3v) is 2.97. The lowest BCUT2D eigenvalue weighted by Gasteiger charge is -2.21. The van der Waals surface area contributed by atoms with E-state index in [1.165, 1.54) is 5.69 Å². The van der Waals surface area contributed by atoms with Crippen molar-refractivity contribution in [2.45, 2.75) is 13.0 Å². The Bertz CT molecular complexity index is 500. The largest absolute Gasteiger partial charge is 0.369 e. The lowest BCUT2D eigenvalue weighted by Crippen LogP contribution is -2.33. The summed E-state index contributed by atoms with van der Waals surface area (Å²) in [7, 11) is 0. The number of imidazole rings is 1. The number of rotatable bonds is 1. The van der Waals surface area contributed by atoms with Crippen LogP contribution < -0.4 is 5.32 Å². The monoisotopic (exact) mass is 217 g/mol. The summed E-state index contributed by atoms with van der Waals surface area (Å²) in [6.07, 6.45) is 2.16. The molecule has 1 saturated heterocycles. The van der Waals surface area contributed by atoms with E-state index in [1.54, 1.807) is 0 Å². The smallest absolute Gasteiger partial charge is 0.137 e. The standard InChI is InChI=1S/C12H15N3O/c1-9-3-2-4-12-14-10(8-15(9)12)11-7-13-5-6-16-11/h2-4,8,11,13H,5-7H2,1H3/t11-/m1/s1. The molecule has 2 aromatic heterocycles. The second-order valence-corrected chi connectivity index (χ2v) is 4.12. The van der Waals surface area contributed by atoms with Gasteiger partial charge in [-0.15, -0.1) is 0 Å². The van der Waals surface area contributed by atoms with Crippen LogP contribution >= 0.6 is 0 Å². The summed E-state index contributed by atoms with van der Waals surface area (Å²) in [5.41, 5.74) is 3.20. The van der Waals surface area contributed by atoms with Crippen LogP contribution in [0.2, 0.25) is 0 Å². The van der Waals surface area contributed by atoms with Gasteiger partial charge in [-0.1, -0.05) is 6.07 Å². The lowest BCUT2D eigenvalue weighted by molar-refractivity contribution is 0.0253. The Labute approximate surface area is 94.3 Å². The first-order valence-corrected chi connectivity index (χ1v) is 5.61. The third kappa shape index (κ3) is 1.60. The van der Waals surface area contributed by atoms with E-state index in [4.69, 9.17) is 4.74 Å². The van der Waals surface area contributed by atoms with Gasteiger partial charge in [-0.05, 0) is 19.1 Å². The first kappa shape index (κ1) is 9.81. The minimum Gasteiger partial charge on any atom is -0.369 e. The highest BCUT2D eigenvalue weighted by molar-refractivity contribution is 5.42. The zero-order chi connectivity index (χ0) is 11.0. The quantitative estimate of drug-likeness (QED) is 0.782. The number of nitrogens with zero attached hydrogens (tertiary/aromatic N) is 2. The number of ether oxygens (including phenoxy) is 1. The van der Waals surface area contributed by atoms with Crippen LogP contribution in [0, 0.1) is 6.92 Å². The van der Waals surface area contributed by atoms with E-state index in [2.05, 4.69) is 33.9 Å². The molecule has 3 rings (SSSR count). The first-order chi connectivity index (χ1) is 7.84. The Hall–Kier alpha value is -1.39. The molecule has 1 aliphatic rings. The number of aromatic nitrogens is 2. The Balaban J connectivity index is 2.01. The summed E-state index contributed by atoms with van der Waals surface area (Å²) in [4.78, 5) is 4.60. The van der Waals surface area contributed by atoms with Crippen LogP contribution in [-0.4, -0.2) is 29.1 Å². The number of pyridine rings is 1. The highest BCUT2D eigenvalue weighted by Gasteiger charge is 2.18. The summed E-state index contributed by atoms with van der Waals surface area (Å²) >= 11 is 0. The van der Waals surface area contributed by atoms with Crippen LogP contribution in [-0.2, 0) is 4.74 Å². The Morgan fingerprint density at radius 2 is 2.44 bits per heavy atom. The van der Waals surface area contributed by atoms with Gasteiger partial charge in [0.25, 0.3) is 0 Å². The van der Waals surface area contributed by atoms with Crippen molar-refractivity contribution in [1.82, 2.24) is 14.7 Å². The molecule has 0 unspecified atom stereocenters. The Kier molecular flexibility index (Phi) is 2.38. The maximum atomic E-state index is 5.70. The fourth-order valence-corrected chi connectivity index (χ4v) is 2.08. The van der Waals surface area contributed by atoms with E-state index < -0.39 is 0 Å². The van der Waals surface area contributed by atoms with Gasteiger partial charge < -0.3 is 14.5 Å². The van der Waals surface area contributed by atoms with Crippen molar-refractivity contribution in [1.29, 1.82) is 0 Å². The van der Waals surface area contributed by atoms with Gasteiger partial charge in [-0.25, -0.2) is 4.98 Å². The molecule has 3 heterocycles. The van der Waals surface area contributed by atoms with E-state index in [0.29, 0.717) is 0 Å². The number of nitrogens with one attached hydrogen (secondary N) is 1. The van der Waals surface area contributed by atoms with Crippen molar-refractivity contribution in [2.24, 2.45) is 0 Å². The molecule has 0 bridgehead atoms.